The second-order valence-electron chi connectivity index (χ2n) is 4.03. The van der Waals surface area contributed by atoms with Gasteiger partial charge in [-0.2, -0.15) is 0 Å². The van der Waals surface area contributed by atoms with Crippen molar-refractivity contribution in [2.75, 3.05) is 33.7 Å². The largest absolute Gasteiger partial charge is 0.481 e. The van der Waals surface area contributed by atoms with E-state index < -0.39 is 5.97 Å². The molecule has 7 nitrogen and oxygen atoms in total. The highest BCUT2D eigenvalue weighted by Crippen LogP contribution is 1.93. The molecular weight excluding hydrogens is 238 g/mol. The summed E-state index contributed by atoms with van der Waals surface area (Å²) in [5.74, 6) is -1.04. The van der Waals surface area contributed by atoms with Gasteiger partial charge in [0.05, 0.1) is 0 Å². The lowest BCUT2D eigenvalue weighted by atomic mass is 10.3. The normalized spacial score (nSPS) is 9.72. The van der Waals surface area contributed by atoms with E-state index in [1.54, 1.807) is 21.0 Å². The quantitative estimate of drug-likeness (QED) is 0.628. The molecule has 2 N–H and O–H groups in total. The lowest BCUT2D eigenvalue weighted by Crippen LogP contribution is -2.45. The maximum absolute atomic E-state index is 11.7. The lowest BCUT2D eigenvalue weighted by Gasteiger charge is -2.22. The van der Waals surface area contributed by atoms with Gasteiger partial charge in [0.25, 0.3) is 0 Å². The van der Waals surface area contributed by atoms with E-state index in [1.807, 2.05) is 0 Å². The lowest BCUT2D eigenvalue weighted by molar-refractivity contribution is -0.137. The van der Waals surface area contributed by atoms with Gasteiger partial charge in [0, 0.05) is 33.6 Å². The number of carboxylic acids is 1. The van der Waals surface area contributed by atoms with Crippen LogP contribution >= 0.6 is 0 Å². The molecule has 0 aliphatic heterocycles. The van der Waals surface area contributed by atoms with Crippen molar-refractivity contribution >= 4 is 17.9 Å². The molecule has 0 saturated carbocycles. The van der Waals surface area contributed by atoms with Crippen molar-refractivity contribution in [2.24, 2.45) is 0 Å². The van der Waals surface area contributed by atoms with Crippen LogP contribution < -0.4 is 5.32 Å². The van der Waals surface area contributed by atoms with Crippen molar-refractivity contribution in [2.45, 2.75) is 19.8 Å². The fourth-order valence-electron chi connectivity index (χ4n) is 1.18. The first-order valence-corrected chi connectivity index (χ1v) is 5.83. The van der Waals surface area contributed by atoms with Gasteiger partial charge >= 0.3 is 12.0 Å². The molecule has 0 atom stereocenters. The van der Waals surface area contributed by atoms with Gasteiger partial charge in [-0.1, -0.05) is 0 Å². The number of rotatable bonds is 7. The molecule has 0 saturated heterocycles. The zero-order valence-electron chi connectivity index (χ0n) is 11.1. The summed E-state index contributed by atoms with van der Waals surface area (Å²) >= 11 is 0. The van der Waals surface area contributed by atoms with Crippen molar-refractivity contribution in [3.63, 3.8) is 0 Å². The summed E-state index contributed by atoms with van der Waals surface area (Å²) in [7, 11) is 3.25. The van der Waals surface area contributed by atoms with E-state index in [2.05, 4.69) is 5.32 Å². The van der Waals surface area contributed by atoms with E-state index in [1.165, 1.54) is 9.80 Å². The number of hydrogen-bond acceptors (Lipinski definition) is 3. The summed E-state index contributed by atoms with van der Waals surface area (Å²) in [6.45, 7) is 2.51. The van der Waals surface area contributed by atoms with E-state index in [9.17, 15) is 14.4 Å². The Kier molecular flexibility index (Phi) is 7.50. The van der Waals surface area contributed by atoms with Crippen LogP contribution in [-0.2, 0) is 9.59 Å². The molecule has 0 unspecified atom stereocenters. The van der Waals surface area contributed by atoms with Crippen molar-refractivity contribution in [3.05, 3.63) is 0 Å². The number of nitrogens with one attached hydrogen (secondary N) is 1. The molecule has 0 rings (SSSR count). The Labute approximate surface area is 107 Å². The van der Waals surface area contributed by atoms with Crippen LogP contribution in [0.2, 0.25) is 0 Å². The van der Waals surface area contributed by atoms with Gasteiger partial charge in [-0.3, -0.25) is 9.59 Å². The van der Waals surface area contributed by atoms with Gasteiger partial charge in [0.2, 0.25) is 5.91 Å². The molecule has 0 heterocycles. The van der Waals surface area contributed by atoms with Gasteiger partial charge in [0.1, 0.15) is 6.54 Å². The van der Waals surface area contributed by atoms with Crippen LogP contribution in [0.25, 0.3) is 0 Å². The summed E-state index contributed by atoms with van der Waals surface area (Å²) < 4.78 is 0. The van der Waals surface area contributed by atoms with Gasteiger partial charge in [-0.05, 0) is 13.3 Å². The second-order valence-corrected chi connectivity index (χ2v) is 4.03. The molecule has 18 heavy (non-hydrogen) atoms. The molecule has 0 aromatic carbocycles. The van der Waals surface area contributed by atoms with E-state index in [0.717, 1.165) is 0 Å². The number of carbonyl (C=O) groups excluding carboxylic acids is 2. The van der Waals surface area contributed by atoms with Crippen molar-refractivity contribution < 1.29 is 19.5 Å². The standard InChI is InChI=1S/C11H21N3O4/c1-4-14(8-9(15)13(2)3)11(18)12-7-5-6-10(16)17/h4-8H2,1-3H3,(H,12,18)(H,16,17). The molecule has 0 aromatic rings. The molecule has 0 radical (unpaired) electrons. The smallest absolute Gasteiger partial charge is 0.317 e. The number of carboxylic acid groups (broad SMARTS) is 1. The number of carbonyl (C=O) groups is 3. The number of amides is 3. The van der Waals surface area contributed by atoms with E-state index in [0.29, 0.717) is 13.0 Å². The van der Waals surface area contributed by atoms with Gasteiger partial charge < -0.3 is 20.2 Å². The van der Waals surface area contributed by atoms with Gasteiger partial charge in [0.15, 0.2) is 0 Å². The van der Waals surface area contributed by atoms with Crippen molar-refractivity contribution in [1.82, 2.24) is 15.1 Å². The SMILES string of the molecule is CCN(CC(=O)N(C)C)C(=O)NCCCC(=O)O. The topological polar surface area (TPSA) is 90.0 Å². The van der Waals surface area contributed by atoms with E-state index >= 15 is 0 Å². The summed E-state index contributed by atoms with van der Waals surface area (Å²) in [6, 6.07) is -0.349. The highest BCUT2D eigenvalue weighted by molar-refractivity contribution is 5.83. The Bertz CT molecular complexity index is 305. The average Bonchev–Trinajstić information content (AvgIpc) is 2.30. The first-order valence-electron chi connectivity index (χ1n) is 5.83. The maximum Gasteiger partial charge on any atom is 0.317 e. The fourth-order valence-corrected chi connectivity index (χ4v) is 1.18. The number of nitrogens with zero attached hydrogens (tertiary/aromatic N) is 2. The number of aliphatic carboxylic acids is 1. The van der Waals surface area contributed by atoms with Crippen LogP contribution in [0.5, 0.6) is 0 Å². The molecular formula is C11H21N3O4. The summed E-state index contributed by atoms with van der Waals surface area (Å²) in [5, 5.41) is 11.0. The zero-order chi connectivity index (χ0) is 14.1. The number of likely N-dealkylation sites (N-methyl/N-ethyl adjacent to an activating group) is 2. The number of urea groups is 1. The summed E-state index contributed by atoms with van der Waals surface area (Å²) in [6.07, 6.45) is 0.392. The summed E-state index contributed by atoms with van der Waals surface area (Å²) in [4.78, 5) is 36.2. The Morgan fingerprint density at radius 3 is 2.28 bits per heavy atom. The van der Waals surface area contributed by atoms with Crippen molar-refractivity contribution in [1.29, 1.82) is 0 Å². The Morgan fingerprint density at radius 1 is 1.22 bits per heavy atom. The monoisotopic (exact) mass is 259 g/mol. The highest BCUT2D eigenvalue weighted by Gasteiger charge is 2.15. The molecule has 7 heteroatoms. The minimum atomic E-state index is -0.889. The minimum absolute atomic E-state index is 0.0169. The molecule has 0 aliphatic carbocycles. The van der Waals surface area contributed by atoms with E-state index in [4.69, 9.17) is 5.11 Å². The third-order valence-electron chi connectivity index (χ3n) is 2.34. The average molecular weight is 259 g/mol. The molecule has 104 valence electrons. The predicted octanol–water partition coefficient (Wildman–Crippen LogP) is -0.0291. The van der Waals surface area contributed by atoms with Gasteiger partial charge in [-0.15, -0.1) is 0 Å². The van der Waals surface area contributed by atoms with Crippen LogP contribution in [0.15, 0.2) is 0 Å². The maximum atomic E-state index is 11.7. The third-order valence-corrected chi connectivity index (χ3v) is 2.34. The summed E-state index contributed by atoms with van der Waals surface area (Å²) in [5.41, 5.74) is 0. The molecule has 0 fully saturated rings. The zero-order valence-corrected chi connectivity index (χ0v) is 11.1. The molecule has 0 spiro atoms. The van der Waals surface area contributed by atoms with Crippen LogP contribution in [-0.4, -0.2) is 66.5 Å². The molecule has 0 aliphatic rings. The predicted molar refractivity (Wildman–Crippen MR) is 66.2 cm³/mol. The first-order chi connectivity index (χ1) is 8.38. The van der Waals surface area contributed by atoms with Gasteiger partial charge in [-0.25, -0.2) is 4.79 Å². The Morgan fingerprint density at radius 2 is 1.83 bits per heavy atom. The highest BCUT2D eigenvalue weighted by atomic mass is 16.4. The number of hydrogen-bond donors (Lipinski definition) is 2. The minimum Gasteiger partial charge on any atom is -0.481 e. The third kappa shape index (κ3) is 6.72. The Hall–Kier alpha value is -1.79. The van der Waals surface area contributed by atoms with Crippen LogP contribution in [0.1, 0.15) is 19.8 Å². The first kappa shape index (κ1) is 16.2. The van der Waals surface area contributed by atoms with Crippen LogP contribution in [0.3, 0.4) is 0 Å². The molecule has 0 aromatic heterocycles. The fraction of sp³-hybridized carbons (Fsp3) is 0.727. The Balaban J connectivity index is 4.03. The molecule has 3 amide bonds. The second kappa shape index (κ2) is 8.32. The van der Waals surface area contributed by atoms with Crippen molar-refractivity contribution in [3.8, 4) is 0 Å². The van der Waals surface area contributed by atoms with E-state index in [-0.39, 0.29) is 31.4 Å². The molecule has 0 bridgehead atoms. The van der Waals surface area contributed by atoms with Crippen LogP contribution in [0.4, 0.5) is 4.79 Å². The van der Waals surface area contributed by atoms with Crippen LogP contribution in [0, 0.1) is 0 Å².